The van der Waals surface area contributed by atoms with Gasteiger partial charge in [-0.25, -0.2) is 9.78 Å². The first kappa shape index (κ1) is 27.4. The number of aromatic nitrogens is 4. The zero-order valence-corrected chi connectivity index (χ0v) is 20.8. The largest absolute Gasteiger partial charge is 0.481 e. The molecular weight excluding hydrogens is 486 g/mol. The van der Waals surface area contributed by atoms with Crippen LogP contribution in [-0.4, -0.2) is 66.5 Å². The summed E-state index contributed by atoms with van der Waals surface area (Å²) in [4.78, 5) is 73.1. The van der Waals surface area contributed by atoms with Gasteiger partial charge in [-0.1, -0.05) is 20.8 Å². The maximum Gasteiger partial charge on any atom is 0.326 e. The van der Waals surface area contributed by atoms with Crippen LogP contribution in [0.15, 0.2) is 11.0 Å². The van der Waals surface area contributed by atoms with E-state index in [1.807, 2.05) is 0 Å². The number of nitrogens with zero attached hydrogens (tertiary/aromatic N) is 2. The summed E-state index contributed by atoms with van der Waals surface area (Å²) in [6, 6.07) is -1.34. The van der Waals surface area contributed by atoms with Crippen LogP contribution in [0.25, 0.3) is 0 Å². The Morgan fingerprint density at radius 2 is 1.92 bits per heavy atom. The number of imidazole rings is 1. The fourth-order valence-electron chi connectivity index (χ4n) is 3.70. The number of aromatic amines is 2. The Kier molecular flexibility index (Phi) is 8.30. The number of carbonyl (C=O) groups excluding carboxylic acids is 2. The van der Waals surface area contributed by atoms with Gasteiger partial charge >= 0.3 is 11.9 Å². The fraction of sp³-hybridized carbons (Fsp3) is 0.522. The highest BCUT2D eigenvalue weighted by Crippen LogP contribution is 2.24. The van der Waals surface area contributed by atoms with Crippen LogP contribution in [0.2, 0.25) is 0 Å². The molecule has 0 radical (unpaired) electrons. The van der Waals surface area contributed by atoms with Crippen LogP contribution in [0.4, 0.5) is 11.8 Å². The van der Waals surface area contributed by atoms with Gasteiger partial charge in [0.2, 0.25) is 11.9 Å². The van der Waals surface area contributed by atoms with Crippen molar-refractivity contribution in [1.29, 1.82) is 0 Å². The van der Waals surface area contributed by atoms with Crippen molar-refractivity contribution in [2.75, 3.05) is 17.2 Å². The minimum Gasteiger partial charge on any atom is -0.481 e. The SMILES string of the molecule is CC(C)(C)C(=O)Nc1nc2c(c(=O)[nH]1)CC(CCc1ncc(C(=O)N[C@H](CCC(=O)O)C(=O)O)[nH]1)CN2. The lowest BCUT2D eigenvalue weighted by atomic mass is 9.92. The number of rotatable bonds is 10. The number of amides is 2. The Morgan fingerprint density at radius 1 is 1.19 bits per heavy atom. The molecule has 1 aliphatic heterocycles. The topological polar surface area (TPSA) is 219 Å². The number of H-pyrrole nitrogens is 2. The number of nitrogens with one attached hydrogen (secondary N) is 5. The number of aryl methyl sites for hydroxylation is 1. The molecule has 37 heavy (non-hydrogen) atoms. The lowest BCUT2D eigenvalue weighted by Gasteiger charge is -2.25. The van der Waals surface area contributed by atoms with Crippen LogP contribution < -0.4 is 21.5 Å². The molecule has 2 amide bonds. The predicted molar refractivity (Wildman–Crippen MR) is 131 cm³/mol. The minimum absolute atomic E-state index is 0.0640. The summed E-state index contributed by atoms with van der Waals surface area (Å²) >= 11 is 0. The molecule has 0 bridgehead atoms. The van der Waals surface area contributed by atoms with E-state index in [4.69, 9.17) is 5.11 Å². The van der Waals surface area contributed by atoms with Gasteiger partial charge in [0.1, 0.15) is 23.4 Å². The van der Waals surface area contributed by atoms with Gasteiger partial charge in [-0.2, -0.15) is 4.98 Å². The highest BCUT2D eigenvalue weighted by Gasteiger charge is 2.26. The Hall–Kier alpha value is -4.23. The van der Waals surface area contributed by atoms with E-state index in [0.717, 1.165) is 0 Å². The summed E-state index contributed by atoms with van der Waals surface area (Å²) < 4.78 is 0. The number of carboxylic acid groups (broad SMARTS) is 2. The average molecular weight is 518 g/mol. The molecule has 1 aliphatic rings. The molecule has 0 spiro atoms. The van der Waals surface area contributed by atoms with Gasteiger partial charge in [-0.15, -0.1) is 0 Å². The molecule has 0 aliphatic carbocycles. The third-order valence-electron chi connectivity index (χ3n) is 5.89. The molecule has 0 fully saturated rings. The lowest BCUT2D eigenvalue weighted by Crippen LogP contribution is -2.41. The van der Waals surface area contributed by atoms with E-state index < -0.39 is 35.7 Å². The van der Waals surface area contributed by atoms with E-state index in [0.29, 0.717) is 43.0 Å². The van der Waals surface area contributed by atoms with E-state index in [-0.39, 0.29) is 35.4 Å². The number of carboxylic acids is 2. The Bertz CT molecular complexity index is 1240. The first-order valence-corrected chi connectivity index (χ1v) is 11.8. The summed E-state index contributed by atoms with van der Waals surface area (Å²) in [7, 11) is 0. The first-order chi connectivity index (χ1) is 17.3. The first-order valence-electron chi connectivity index (χ1n) is 11.8. The molecular formula is C23H31N7O7. The minimum atomic E-state index is -1.34. The Labute approximate surface area is 211 Å². The molecule has 0 aromatic carbocycles. The van der Waals surface area contributed by atoms with Gasteiger partial charge in [0.05, 0.1) is 11.8 Å². The smallest absolute Gasteiger partial charge is 0.326 e. The fourth-order valence-corrected chi connectivity index (χ4v) is 3.70. The zero-order chi connectivity index (χ0) is 27.3. The van der Waals surface area contributed by atoms with Crippen molar-refractivity contribution in [3.05, 3.63) is 33.6 Å². The highest BCUT2D eigenvalue weighted by atomic mass is 16.4. The summed E-state index contributed by atoms with van der Waals surface area (Å²) in [5.74, 6) is -2.34. The molecule has 0 saturated heterocycles. The Balaban J connectivity index is 1.56. The highest BCUT2D eigenvalue weighted by molar-refractivity contribution is 5.95. The number of hydrogen-bond donors (Lipinski definition) is 7. The van der Waals surface area contributed by atoms with Crippen molar-refractivity contribution >= 4 is 35.5 Å². The summed E-state index contributed by atoms with van der Waals surface area (Å²) in [5, 5.41) is 26.0. The number of fused-ring (bicyclic) bond motifs is 1. The number of aliphatic carboxylic acids is 2. The average Bonchev–Trinajstić information content (AvgIpc) is 3.29. The standard InChI is InChI=1S/C23H31N7O7/c1-23(2,3)21(37)30-22-28-17-12(18(33)29-22)8-11(9-25-17)4-6-15-24-10-14(26-15)19(34)27-13(20(35)36)5-7-16(31)32/h10-11,13H,4-9H2,1-3H3,(H,24,26)(H,27,34)(H,31,32)(H,35,36)(H3,25,28,29,30,33,37)/t11?,13-/m1/s1. The van der Waals surface area contributed by atoms with Crippen molar-refractivity contribution in [3.8, 4) is 0 Å². The quantitative estimate of drug-likeness (QED) is 0.234. The van der Waals surface area contributed by atoms with Crippen molar-refractivity contribution in [2.45, 2.75) is 58.9 Å². The van der Waals surface area contributed by atoms with Crippen molar-refractivity contribution in [1.82, 2.24) is 25.3 Å². The molecule has 2 atom stereocenters. The van der Waals surface area contributed by atoms with Gasteiger partial charge in [0.25, 0.3) is 11.5 Å². The van der Waals surface area contributed by atoms with E-state index in [2.05, 4.69) is 35.9 Å². The maximum atomic E-state index is 12.6. The molecule has 3 rings (SSSR count). The van der Waals surface area contributed by atoms with Gasteiger partial charge in [-0.3, -0.25) is 29.5 Å². The van der Waals surface area contributed by atoms with E-state index >= 15 is 0 Å². The van der Waals surface area contributed by atoms with Crippen LogP contribution in [0, 0.1) is 11.3 Å². The number of carbonyl (C=O) groups is 4. The van der Waals surface area contributed by atoms with Gasteiger partial charge in [0.15, 0.2) is 0 Å². The summed E-state index contributed by atoms with van der Waals surface area (Å²) in [6.45, 7) is 5.82. The van der Waals surface area contributed by atoms with Gasteiger partial charge in [-0.05, 0) is 25.2 Å². The summed E-state index contributed by atoms with van der Waals surface area (Å²) in [5.41, 5.74) is -0.420. The van der Waals surface area contributed by atoms with E-state index in [9.17, 15) is 29.1 Å². The van der Waals surface area contributed by atoms with Crippen LogP contribution in [0.1, 0.15) is 61.9 Å². The number of anilines is 2. The molecule has 7 N–H and O–H groups in total. The molecule has 2 aromatic rings. The van der Waals surface area contributed by atoms with Crippen molar-refractivity contribution in [2.24, 2.45) is 11.3 Å². The van der Waals surface area contributed by atoms with E-state index in [1.54, 1.807) is 20.8 Å². The third kappa shape index (κ3) is 7.38. The van der Waals surface area contributed by atoms with E-state index in [1.165, 1.54) is 6.20 Å². The van der Waals surface area contributed by atoms with Crippen molar-refractivity contribution in [3.63, 3.8) is 0 Å². The number of hydrogen-bond acceptors (Lipinski definition) is 8. The second-order valence-corrected chi connectivity index (χ2v) is 9.98. The van der Waals surface area contributed by atoms with Gasteiger partial charge in [0, 0.05) is 24.8 Å². The molecule has 0 saturated carbocycles. The van der Waals surface area contributed by atoms with Crippen LogP contribution in [0.3, 0.4) is 0 Å². The Morgan fingerprint density at radius 3 is 2.57 bits per heavy atom. The lowest BCUT2D eigenvalue weighted by molar-refractivity contribution is -0.140. The van der Waals surface area contributed by atoms with Crippen LogP contribution >= 0.6 is 0 Å². The molecule has 2 aromatic heterocycles. The predicted octanol–water partition coefficient (Wildman–Crippen LogP) is 0.742. The molecule has 1 unspecified atom stereocenters. The third-order valence-corrected chi connectivity index (χ3v) is 5.89. The van der Waals surface area contributed by atoms with Gasteiger partial charge < -0.3 is 25.8 Å². The second kappa shape index (κ2) is 11.2. The molecule has 3 heterocycles. The zero-order valence-electron chi connectivity index (χ0n) is 20.8. The summed E-state index contributed by atoms with van der Waals surface area (Å²) in [6.07, 6.45) is 2.23. The van der Waals surface area contributed by atoms with Crippen LogP contribution in [0.5, 0.6) is 0 Å². The van der Waals surface area contributed by atoms with Crippen LogP contribution in [-0.2, 0) is 27.2 Å². The second-order valence-electron chi connectivity index (χ2n) is 9.98. The molecule has 200 valence electrons. The molecule has 14 nitrogen and oxygen atoms in total. The molecule has 14 heteroatoms. The van der Waals surface area contributed by atoms with Crippen molar-refractivity contribution < 1.29 is 29.4 Å². The maximum absolute atomic E-state index is 12.6. The normalized spacial score (nSPS) is 15.7. The monoisotopic (exact) mass is 517 g/mol.